The minimum absolute atomic E-state index is 0.0791. The standard InChI is InChI=1S/C52H69NO8/c1-4-5-6-13-33-25-49(29-55)43-17-19-48-18-8-7-12-31-14-10-16-34(28-54)38(31)23-42(53-3)39-20-35(45(48)40-24-44(56)61-47(39)40)26-51(48,59)50(43,58)27-36-22-37-30(2)11-9-15-32(37)21-41(46(33)57)52(36,49)60/h9-10,14-16,24,29-30,32-33,35-37,39,41-43,45-47,53-54,57-60H,4-6,8,11,13,17-23,25-28H2,1-3H3. The first-order valence-corrected chi connectivity index (χ1v) is 24.1. The number of fused-ring (bicyclic) bond motifs is 8. The number of unbranched alkanes of at least 4 members (excludes halogenated alkanes) is 2. The van der Waals surface area contributed by atoms with Crippen LogP contribution in [0.1, 0.15) is 127 Å². The summed E-state index contributed by atoms with van der Waals surface area (Å²) in [7, 11) is 1.94. The van der Waals surface area contributed by atoms with Crippen LogP contribution < -0.4 is 5.32 Å². The molecule has 1 aromatic rings. The Hall–Kier alpha value is -2.84. The number of allylic oxidation sites excluding steroid dienone is 2. The summed E-state index contributed by atoms with van der Waals surface area (Å²) in [5.41, 5.74) is -3.54. The maximum absolute atomic E-state index is 14.5. The van der Waals surface area contributed by atoms with Gasteiger partial charge in [0.05, 0.1) is 29.3 Å². The van der Waals surface area contributed by atoms with E-state index < -0.39 is 57.6 Å². The number of aliphatic hydroxyl groups excluding tert-OH is 2. The summed E-state index contributed by atoms with van der Waals surface area (Å²) >= 11 is 0. The lowest BCUT2D eigenvalue weighted by Gasteiger charge is -2.72. The van der Waals surface area contributed by atoms with Crippen molar-refractivity contribution < 1.29 is 39.9 Å². The van der Waals surface area contributed by atoms with Crippen molar-refractivity contribution in [2.45, 2.75) is 158 Å². The van der Waals surface area contributed by atoms with E-state index in [0.717, 1.165) is 60.7 Å². The molecule has 0 radical (unpaired) electrons. The van der Waals surface area contributed by atoms with Crippen molar-refractivity contribution in [2.24, 2.45) is 70.0 Å². The van der Waals surface area contributed by atoms with E-state index in [1.54, 1.807) is 6.08 Å². The molecule has 18 unspecified atom stereocenters. The van der Waals surface area contributed by atoms with E-state index in [9.17, 15) is 35.1 Å². The molecule has 330 valence electrons. The van der Waals surface area contributed by atoms with Gasteiger partial charge in [-0.15, -0.1) is 0 Å². The minimum atomic E-state index is -1.72. The Kier molecular flexibility index (Phi) is 10.4. The van der Waals surface area contributed by atoms with E-state index in [0.29, 0.717) is 70.1 Å². The first kappa shape index (κ1) is 42.1. The van der Waals surface area contributed by atoms with Gasteiger partial charge in [0, 0.05) is 47.3 Å². The van der Waals surface area contributed by atoms with Gasteiger partial charge in [0.25, 0.3) is 0 Å². The van der Waals surface area contributed by atoms with Crippen LogP contribution >= 0.6 is 0 Å². The largest absolute Gasteiger partial charge is 0.454 e. The zero-order valence-corrected chi connectivity index (χ0v) is 36.5. The van der Waals surface area contributed by atoms with Gasteiger partial charge in [-0.1, -0.05) is 69.2 Å². The molecule has 6 N–H and O–H groups in total. The summed E-state index contributed by atoms with van der Waals surface area (Å²) in [6, 6.07) is 5.75. The Morgan fingerprint density at radius 3 is 2.66 bits per heavy atom. The van der Waals surface area contributed by atoms with Gasteiger partial charge in [-0.3, -0.25) is 0 Å². The molecule has 10 rings (SSSR count). The zero-order valence-electron chi connectivity index (χ0n) is 36.5. The third-order valence-corrected chi connectivity index (χ3v) is 19.7. The third kappa shape index (κ3) is 5.67. The van der Waals surface area contributed by atoms with Crippen molar-refractivity contribution in [3.63, 3.8) is 0 Å². The molecule has 9 heteroatoms. The number of aldehydes is 1. The molecule has 61 heavy (non-hydrogen) atoms. The molecular weight excluding hydrogens is 767 g/mol. The molecule has 0 amide bonds. The van der Waals surface area contributed by atoms with Crippen molar-refractivity contribution in [3.8, 4) is 11.8 Å². The topological polar surface area (TPSA) is 157 Å². The highest BCUT2D eigenvalue weighted by molar-refractivity contribution is 5.86. The molecular formula is C52H69NO8. The molecule has 8 aliphatic carbocycles. The van der Waals surface area contributed by atoms with Crippen LogP contribution in [0.15, 0.2) is 42.0 Å². The summed E-state index contributed by atoms with van der Waals surface area (Å²) in [4.78, 5) is 28.0. The van der Waals surface area contributed by atoms with Crippen molar-refractivity contribution in [2.75, 3.05) is 7.05 Å². The molecule has 0 aromatic heterocycles. The summed E-state index contributed by atoms with van der Waals surface area (Å²) in [6.07, 6.45) is 15.8. The number of ether oxygens (including phenoxy) is 1. The number of esters is 1. The van der Waals surface area contributed by atoms with Crippen molar-refractivity contribution >= 4 is 12.3 Å². The highest BCUT2D eigenvalue weighted by atomic mass is 16.5. The number of carbonyl (C=O) groups is 2. The number of likely N-dealkylation sites (N-methyl/N-ethyl adjacent to an activating group) is 1. The normalized spacial score (nSPS) is 49.0. The Morgan fingerprint density at radius 2 is 1.89 bits per heavy atom. The molecule has 9 nitrogen and oxygen atoms in total. The van der Waals surface area contributed by atoms with Crippen molar-refractivity contribution in [1.82, 2.24) is 5.32 Å². The lowest BCUT2D eigenvalue weighted by molar-refractivity contribution is -0.348. The highest BCUT2D eigenvalue weighted by Gasteiger charge is 2.83. The van der Waals surface area contributed by atoms with Crippen LogP contribution in [-0.2, 0) is 27.4 Å². The lowest BCUT2D eigenvalue weighted by Crippen LogP contribution is -2.81. The van der Waals surface area contributed by atoms with Crippen molar-refractivity contribution in [3.05, 3.63) is 58.7 Å². The third-order valence-electron chi connectivity index (χ3n) is 19.7. The second-order valence-electron chi connectivity index (χ2n) is 21.8. The second kappa shape index (κ2) is 15.1. The molecule has 1 aliphatic heterocycles. The number of aliphatic hydroxyl groups is 5. The van der Waals surface area contributed by atoms with Gasteiger partial charge in [-0.2, -0.15) is 0 Å². The molecule has 4 bridgehead atoms. The van der Waals surface area contributed by atoms with Crippen LogP contribution in [0.25, 0.3) is 0 Å². The van der Waals surface area contributed by atoms with Gasteiger partial charge < -0.3 is 40.4 Å². The van der Waals surface area contributed by atoms with E-state index in [1.165, 1.54) is 0 Å². The fourth-order valence-corrected chi connectivity index (χ4v) is 17.3. The van der Waals surface area contributed by atoms with Crippen LogP contribution in [0, 0.1) is 81.8 Å². The number of nitrogens with one attached hydrogen (secondary N) is 1. The van der Waals surface area contributed by atoms with Crippen LogP contribution in [-0.4, -0.2) is 79.9 Å². The Morgan fingerprint density at radius 1 is 1.05 bits per heavy atom. The Bertz CT molecular complexity index is 2050. The first-order chi connectivity index (χ1) is 29.3. The van der Waals surface area contributed by atoms with E-state index in [1.807, 2.05) is 25.2 Å². The van der Waals surface area contributed by atoms with Gasteiger partial charge in [0.1, 0.15) is 18.0 Å². The monoisotopic (exact) mass is 836 g/mol. The number of carbonyl (C=O) groups excluding carboxylic acids is 2. The molecule has 1 heterocycles. The second-order valence-corrected chi connectivity index (χ2v) is 21.8. The number of hydrogen-bond donors (Lipinski definition) is 6. The van der Waals surface area contributed by atoms with Gasteiger partial charge >= 0.3 is 5.97 Å². The summed E-state index contributed by atoms with van der Waals surface area (Å²) in [5, 5.41) is 68.9. The zero-order chi connectivity index (χ0) is 42.7. The summed E-state index contributed by atoms with van der Waals surface area (Å²) in [5.74, 6) is 4.92. The minimum Gasteiger partial charge on any atom is -0.454 e. The van der Waals surface area contributed by atoms with E-state index in [-0.39, 0.29) is 60.5 Å². The summed E-state index contributed by atoms with van der Waals surface area (Å²) in [6.45, 7) is 4.34. The maximum atomic E-state index is 14.5. The Labute approximate surface area is 362 Å². The van der Waals surface area contributed by atoms with Crippen molar-refractivity contribution in [1.29, 1.82) is 0 Å². The highest BCUT2D eigenvalue weighted by Crippen LogP contribution is 2.78. The number of benzene rings is 1. The fraction of sp³-hybridized carbons (Fsp3) is 0.731. The lowest BCUT2D eigenvalue weighted by atomic mass is 9.35. The predicted molar refractivity (Wildman–Crippen MR) is 230 cm³/mol. The van der Waals surface area contributed by atoms with E-state index >= 15 is 0 Å². The van der Waals surface area contributed by atoms with Crippen LogP contribution in [0.4, 0.5) is 0 Å². The number of rotatable bonds is 7. The van der Waals surface area contributed by atoms with Gasteiger partial charge in [0.15, 0.2) is 0 Å². The van der Waals surface area contributed by atoms with E-state index in [4.69, 9.17) is 4.74 Å². The quantitative estimate of drug-likeness (QED) is 0.0642. The van der Waals surface area contributed by atoms with E-state index in [2.05, 4.69) is 43.2 Å². The average molecular weight is 836 g/mol. The Balaban J connectivity index is 1.14. The van der Waals surface area contributed by atoms with Crippen LogP contribution in [0.3, 0.4) is 0 Å². The first-order valence-electron chi connectivity index (χ1n) is 24.1. The fourth-order valence-electron chi connectivity index (χ4n) is 17.3. The van der Waals surface area contributed by atoms with Crippen LogP contribution in [0.2, 0.25) is 0 Å². The molecule has 18 atom stereocenters. The molecule has 1 spiro atoms. The molecule has 6 fully saturated rings. The molecule has 6 saturated carbocycles. The molecule has 1 aromatic carbocycles. The smallest absolute Gasteiger partial charge is 0.331 e. The maximum Gasteiger partial charge on any atom is 0.331 e. The van der Waals surface area contributed by atoms with Gasteiger partial charge in [-0.25, -0.2) is 4.79 Å². The van der Waals surface area contributed by atoms with Gasteiger partial charge in [0.2, 0.25) is 0 Å². The predicted octanol–water partition coefficient (Wildman–Crippen LogP) is 5.96. The SMILES string of the molecule is CCCCCC1CC2(C=O)C3CCC45CCC#Cc6cccc(CO)c6CC(NC)C6CC(CC4(O)C3(O)CC3CC4C(C)CC=CC4CC(C1O)C32O)C5C1=CC(=O)OC16. The van der Waals surface area contributed by atoms with Gasteiger partial charge in [-0.05, 0) is 148 Å². The summed E-state index contributed by atoms with van der Waals surface area (Å²) < 4.78 is 6.28. The number of hydrogen-bond acceptors (Lipinski definition) is 9. The molecule has 0 saturated heterocycles. The average Bonchev–Trinajstić information content (AvgIpc) is 3.71. The molecule has 9 aliphatic rings. The van der Waals surface area contributed by atoms with Crippen LogP contribution in [0.5, 0.6) is 0 Å².